The van der Waals surface area contributed by atoms with Gasteiger partial charge in [0.15, 0.2) is 0 Å². The zero-order valence-electron chi connectivity index (χ0n) is 15.2. The van der Waals surface area contributed by atoms with Crippen LogP contribution in [0.25, 0.3) is 0 Å². The predicted molar refractivity (Wildman–Crippen MR) is 103 cm³/mol. The molecule has 2 heterocycles. The van der Waals surface area contributed by atoms with Crippen LogP contribution < -0.4 is 15.4 Å². The number of benzene rings is 1. The van der Waals surface area contributed by atoms with E-state index < -0.39 is 0 Å². The van der Waals surface area contributed by atoms with Gasteiger partial charge in [0.2, 0.25) is 0 Å². The molecule has 138 valence electrons. The molecule has 0 saturated heterocycles. The van der Waals surface area contributed by atoms with Gasteiger partial charge in [0, 0.05) is 30.7 Å². The van der Waals surface area contributed by atoms with Gasteiger partial charge in [0.1, 0.15) is 23.6 Å². The smallest absolute Gasteiger partial charge is 0.270 e. The van der Waals surface area contributed by atoms with Crippen molar-refractivity contribution in [1.82, 2.24) is 20.3 Å². The number of ether oxygens (including phenoxy) is 1. The molecule has 0 aliphatic rings. The standard InChI is InChI=1S/C20H21N5O2/c1-14(2)27-17-5-3-16(4-6-17)25-19-11-18(23-13-24-19)20(26)22-12-15-7-9-21-10-8-15/h3-11,13-14H,12H2,1-2H3,(H,22,26)(H,23,24,25). The molecule has 3 aromatic rings. The van der Waals surface area contributed by atoms with E-state index in [-0.39, 0.29) is 12.0 Å². The van der Waals surface area contributed by atoms with Crippen molar-refractivity contribution in [2.75, 3.05) is 5.32 Å². The molecule has 0 radical (unpaired) electrons. The molecule has 27 heavy (non-hydrogen) atoms. The summed E-state index contributed by atoms with van der Waals surface area (Å²) < 4.78 is 5.62. The summed E-state index contributed by atoms with van der Waals surface area (Å²) >= 11 is 0. The Morgan fingerprint density at radius 3 is 2.52 bits per heavy atom. The first kappa shape index (κ1) is 18.3. The summed E-state index contributed by atoms with van der Waals surface area (Å²) in [5.41, 5.74) is 2.10. The second-order valence-corrected chi connectivity index (χ2v) is 6.14. The molecule has 0 fully saturated rings. The molecule has 7 heteroatoms. The lowest BCUT2D eigenvalue weighted by Gasteiger charge is -2.11. The Hall–Kier alpha value is -3.48. The van der Waals surface area contributed by atoms with E-state index in [0.717, 1.165) is 17.0 Å². The molecule has 0 unspecified atom stereocenters. The van der Waals surface area contributed by atoms with Crippen molar-refractivity contribution in [3.8, 4) is 5.75 Å². The number of nitrogens with zero attached hydrogens (tertiary/aromatic N) is 3. The van der Waals surface area contributed by atoms with Gasteiger partial charge >= 0.3 is 0 Å². The van der Waals surface area contributed by atoms with E-state index >= 15 is 0 Å². The van der Waals surface area contributed by atoms with E-state index in [1.165, 1.54) is 6.33 Å². The molecule has 1 amide bonds. The second-order valence-electron chi connectivity index (χ2n) is 6.14. The van der Waals surface area contributed by atoms with E-state index in [2.05, 4.69) is 25.6 Å². The lowest BCUT2D eigenvalue weighted by atomic mass is 10.2. The van der Waals surface area contributed by atoms with Gasteiger partial charge in [-0.1, -0.05) is 0 Å². The SMILES string of the molecule is CC(C)Oc1ccc(Nc2cc(C(=O)NCc3ccncc3)ncn2)cc1. The summed E-state index contributed by atoms with van der Waals surface area (Å²) in [7, 11) is 0. The van der Waals surface area contributed by atoms with E-state index in [1.807, 2.05) is 50.2 Å². The third-order valence-electron chi connectivity index (χ3n) is 3.60. The first-order valence-electron chi connectivity index (χ1n) is 8.63. The summed E-state index contributed by atoms with van der Waals surface area (Å²) in [5, 5.41) is 5.99. The molecule has 7 nitrogen and oxygen atoms in total. The molecule has 0 atom stereocenters. The van der Waals surface area contributed by atoms with Crippen LogP contribution in [-0.2, 0) is 6.54 Å². The summed E-state index contributed by atoms with van der Waals surface area (Å²) in [6.07, 6.45) is 4.86. The third-order valence-corrected chi connectivity index (χ3v) is 3.60. The van der Waals surface area contributed by atoms with Crippen molar-refractivity contribution in [3.63, 3.8) is 0 Å². The molecule has 2 N–H and O–H groups in total. The van der Waals surface area contributed by atoms with Gasteiger partial charge in [-0.2, -0.15) is 0 Å². The minimum atomic E-state index is -0.266. The fraction of sp³-hybridized carbons (Fsp3) is 0.200. The van der Waals surface area contributed by atoms with Crippen LogP contribution in [0.3, 0.4) is 0 Å². The molecule has 0 bridgehead atoms. The normalized spacial score (nSPS) is 10.5. The monoisotopic (exact) mass is 363 g/mol. The lowest BCUT2D eigenvalue weighted by molar-refractivity contribution is 0.0945. The summed E-state index contributed by atoms with van der Waals surface area (Å²) in [6.45, 7) is 4.37. The molecule has 0 saturated carbocycles. The highest BCUT2D eigenvalue weighted by Gasteiger charge is 2.09. The fourth-order valence-corrected chi connectivity index (χ4v) is 2.36. The van der Waals surface area contributed by atoms with Crippen molar-refractivity contribution in [2.24, 2.45) is 0 Å². The molecular weight excluding hydrogens is 342 g/mol. The van der Waals surface area contributed by atoms with Crippen molar-refractivity contribution in [3.05, 3.63) is 72.4 Å². The van der Waals surface area contributed by atoms with Crippen molar-refractivity contribution in [1.29, 1.82) is 0 Å². The Morgan fingerprint density at radius 1 is 1.07 bits per heavy atom. The van der Waals surface area contributed by atoms with E-state index in [1.54, 1.807) is 18.5 Å². The van der Waals surface area contributed by atoms with Crippen LogP contribution >= 0.6 is 0 Å². The number of rotatable bonds is 7. The number of nitrogens with one attached hydrogen (secondary N) is 2. The maximum absolute atomic E-state index is 12.3. The topological polar surface area (TPSA) is 89.0 Å². The Kier molecular flexibility index (Phi) is 5.94. The second kappa shape index (κ2) is 8.75. The Labute approximate surface area is 157 Å². The van der Waals surface area contributed by atoms with E-state index in [0.29, 0.717) is 18.1 Å². The Balaban J connectivity index is 1.62. The van der Waals surface area contributed by atoms with Crippen LogP contribution in [0.2, 0.25) is 0 Å². The molecule has 0 aliphatic heterocycles. The zero-order valence-corrected chi connectivity index (χ0v) is 15.2. The van der Waals surface area contributed by atoms with Crippen LogP contribution in [0.5, 0.6) is 5.75 Å². The van der Waals surface area contributed by atoms with E-state index in [9.17, 15) is 4.79 Å². The van der Waals surface area contributed by atoms with E-state index in [4.69, 9.17) is 4.74 Å². The fourth-order valence-electron chi connectivity index (χ4n) is 2.36. The van der Waals surface area contributed by atoms with Crippen molar-refractivity contribution >= 4 is 17.4 Å². The number of pyridine rings is 1. The average molecular weight is 363 g/mol. The Bertz CT molecular complexity index is 882. The quantitative estimate of drug-likeness (QED) is 0.669. The van der Waals surface area contributed by atoms with Gasteiger partial charge in [-0.15, -0.1) is 0 Å². The molecule has 0 aliphatic carbocycles. The Morgan fingerprint density at radius 2 is 1.81 bits per heavy atom. The first-order valence-corrected chi connectivity index (χ1v) is 8.63. The number of carbonyl (C=O) groups excluding carboxylic acids is 1. The number of hydrogen-bond acceptors (Lipinski definition) is 6. The number of aromatic nitrogens is 3. The molecular formula is C20H21N5O2. The molecule has 1 aromatic carbocycles. The van der Waals surface area contributed by atoms with Crippen LogP contribution in [0.1, 0.15) is 29.9 Å². The van der Waals surface area contributed by atoms with Gasteiger partial charge in [-0.3, -0.25) is 9.78 Å². The largest absolute Gasteiger partial charge is 0.491 e. The van der Waals surface area contributed by atoms with Crippen LogP contribution in [-0.4, -0.2) is 27.0 Å². The van der Waals surface area contributed by atoms with Crippen molar-refractivity contribution in [2.45, 2.75) is 26.5 Å². The average Bonchev–Trinajstić information content (AvgIpc) is 2.68. The third kappa shape index (κ3) is 5.50. The molecule has 2 aromatic heterocycles. The summed E-state index contributed by atoms with van der Waals surface area (Å²) in [6, 6.07) is 12.9. The highest BCUT2D eigenvalue weighted by molar-refractivity contribution is 5.92. The van der Waals surface area contributed by atoms with Crippen LogP contribution in [0.15, 0.2) is 61.2 Å². The number of anilines is 2. The predicted octanol–water partition coefficient (Wildman–Crippen LogP) is 3.33. The molecule has 3 rings (SSSR count). The number of hydrogen-bond donors (Lipinski definition) is 2. The highest BCUT2D eigenvalue weighted by atomic mass is 16.5. The maximum atomic E-state index is 12.3. The van der Waals surface area contributed by atoms with Crippen molar-refractivity contribution < 1.29 is 9.53 Å². The number of amides is 1. The van der Waals surface area contributed by atoms with Gasteiger partial charge in [0.25, 0.3) is 5.91 Å². The zero-order chi connectivity index (χ0) is 19.1. The summed E-state index contributed by atoms with van der Waals surface area (Å²) in [4.78, 5) is 24.5. The minimum absolute atomic E-state index is 0.124. The molecule has 0 spiro atoms. The maximum Gasteiger partial charge on any atom is 0.270 e. The van der Waals surface area contributed by atoms with Gasteiger partial charge in [0.05, 0.1) is 6.10 Å². The minimum Gasteiger partial charge on any atom is -0.491 e. The van der Waals surface area contributed by atoms with Crippen LogP contribution in [0, 0.1) is 0 Å². The first-order chi connectivity index (χ1) is 13.1. The number of carbonyl (C=O) groups is 1. The summed E-state index contributed by atoms with van der Waals surface area (Å²) in [5.74, 6) is 1.07. The van der Waals surface area contributed by atoms with Gasteiger partial charge in [-0.25, -0.2) is 9.97 Å². The van der Waals surface area contributed by atoms with Gasteiger partial charge < -0.3 is 15.4 Å². The highest BCUT2D eigenvalue weighted by Crippen LogP contribution is 2.20. The lowest BCUT2D eigenvalue weighted by Crippen LogP contribution is -2.24. The van der Waals surface area contributed by atoms with Gasteiger partial charge in [-0.05, 0) is 55.8 Å². The van der Waals surface area contributed by atoms with Crippen LogP contribution in [0.4, 0.5) is 11.5 Å².